The molecule has 1 N–H and O–H groups in total. The molecular formula is C31H31ClN6O6. The Bertz CT molecular complexity index is 1760. The Hall–Kier alpha value is -4.55. The van der Waals surface area contributed by atoms with E-state index < -0.39 is 11.8 Å². The van der Waals surface area contributed by atoms with E-state index >= 15 is 0 Å². The van der Waals surface area contributed by atoms with Gasteiger partial charge in [-0.25, -0.2) is 9.78 Å². The van der Waals surface area contributed by atoms with Crippen LogP contribution in [0.1, 0.15) is 42.1 Å². The van der Waals surface area contributed by atoms with Gasteiger partial charge in [-0.1, -0.05) is 17.7 Å². The molecule has 4 aromatic rings. The molecule has 5 heterocycles. The summed E-state index contributed by atoms with van der Waals surface area (Å²) in [5.41, 5.74) is 2.93. The molecule has 2 aromatic carbocycles. The summed E-state index contributed by atoms with van der Waals surface area (Å²) >= 11 is 6.03. The molecule has 1 fully saturated rings. The fourth-order valence-electron chi connectivity index (χ4n) is 5.61. The van der Waals surface area contributed by atoms with Crippen LogP contribution in [0.2, 0.25) is 5.02 Å². The molecule has 0 aliphatic carbocycles. The van der Waals surface area contributed by atoms with Crippen LogP contribution >= 0.6 is 11.6 Å². The average Bonchev–Trinajstić information content (AvgIpc) is 3.53. The molecule has 1 saturated heterocycles. The van der Waals surface area contributed by atoms with Crippen LogP contribution in [0.4, 0.5) is 5.69 Å². The number of pyridine rings is 1. The molecule has 0 spiro atoms. The summed E-state index contributed by atoms with van der Waals surface area (Å²) in [6.45, 7) is 7.04. The minimum atomic E-state index is -1.09. The number of aromatic carboxylic acids is 1. The SMILES string of the molecule is CCOc1cc(C(=O)O)cc2c1nc(CN1CCN(c3cccc4c3OC(C)(c3ccc(Cl)cn3)O4)C=N1)n2C[C@@H]1CCO1. The first-order valence-corrected chi connectivity index (χ1v) is 14.9. The second-order valence-corrected chi connectivity index (χ2v) is 11.4. The van der Waals surface area contributed by atoms with Gasteiger partial charge in [0, 0.05) is 26.3 Å². The zero-order valence-corrected chi connectivity index (χ0v) is 25.0. The fraction of sp³-hybridized carbons (Fsp3) is 0.355. The Morgan fingerprint density at radius 1 is 1.20 bits per heavy atom. The van der Waals surface area contributed by atoms with Gasteiger partial charge in [-0.3, -0.25) is 9.99 Å². The summed E-state index contributed by atoms with van der Waals surface area (Å²) in [4.78, 5) is 23.2. The summed E-state index contributed by atoms with van der Waals surface area (Å²) < 4.78 is 26.1. The van der Waals surface area contributed by atoms with Gasteiger partial charge in [-0.05, 0) is 49.7 Å². The van der Waals surface area contributed by atoms with Crippen LogP contribution in [-0.2, 0) is 23.6 Å². The number of fused-ring (bicyclic) bond motifs is 2. The van der Waals surface area contributed by atoms with Gasteiger partial charge in [-0.15, -0.1) is 0 Å². The van der Waals surface area contributed by atoms with Gasteiger partial charge in [0.25, 0.3) is 5.79 Å². The molecule has 7 rings (SSSR count). The minimum Gasteiger partial charge on any atom is -0.492 e. The number of carboxylic acid groups (broad SMARTS) is 1. The zero-order valence-electron chi connectivity index (χ0n) is 24.3. The Morgan fingerprint density at radius 3 is 2.75 bits per heavy atom. The number of halogens is 1. The van der Waals surface area contributed by atoms with Crippen molar-refractivity contribution in [3.05, 3.63) is 70.8 Å². The lowest BCUT2D eigenvalue weighted by Gasteiger charge is -2.31. The van der Waals surface area contributed by atoms with Crippen molar-refractivity contribution in [1.82, 2.24) is 19.5 Å². The third-order valence-electron chi connectivity index (χ3n) is 7.96. The lowest BCUT2D eigenvalue weighted by molar-refractivity contribution is -0.0715. The molecule has 12 nitrogen and oxygen atoms in total. The maximum atomic E-state index is 11.9. The largest absolute Gasteiger partial charge is 0.492 e. The van der Waals surface area contributed by atoms with E-state index in [1.54, 1.807) is 30.7 Å². The minimum absolute atomic E-state index is 0.0479. The standard InChI is InChI=1S/C31H31ClN6O6/c1-3-41-25-14-19(30(39)40)13-23-28(25)35-27(38(23)16-21-9-12-42-21)17-37-11-10-36(18-34-37)22-5-4-6-24-29(22)44-31(2,43-24)26-8-7-20(32)15-33-26/h4-8,13-15,18,21H,3,9-12,16-17H2,1-2H3,(H,39,40)/t21-,31?/m0/s1. The number of ether oxygens (including phenoxy) is 4. The first kappa shape index (κ1) is 28.2. The van der Waals surface area contributed by atoms with Gasteiger partial charge < -0.3 is 33.5 Å². The second-order valence-electron chi connectivity index (χ2n) is 10.9. The highest BCUT2D eigenvalue weighted by atomic mass is 35.5. The van der Waals surface area contributed by atoms with E-state index in [0.717, 1.165) is 24.5 Å². The number of carbonyl (C=O) groups is 1. The maximum Gasteiger partial charge on any atom is 0.335 e. The Balaban J connectivity index is 1.14. The highest BCUT2D eigenvalue weighted by Gasteiger charge is 2.42. The van der Waals surface area contributed by atoms with E-state index in [2.05, 4.69) is 4.98 Å². The first-order valence-electron chi connectivity index (χ1n) is 14.5. The molecule has 2 atom stereocenters. The molecule has 0 radical (unpaired) electrons. The van der Waals surface area contributed by atoms with E-state index in [1.165, 1.54) is 6.07 Å². The number of para-hydroxylation sites is 1. The van der Waals surface area contributed by atoms with Crippen LogP contribution in [0.25, 0.3) is 11.0 Å². The van der Waals surface area contributed by atoms with Gasteiger partial charge in [0.2, 0.25) is 0 Å². The molecule has 1 unspecified atom stereocenters. The van der Waals surface area contributed by atoms with Crippen molar-refractivity contribution in [2.45, 2.75) is 45.2 Å². The van der Waals surface area contributed by atoms with Gasteiger partial charge in [0.1, 0.15) is 29.1 Å². The van der Waals surface area contributed by atoms with Crippen LogP contribution in [-0.4, -0.2) is 69.4 Å². The molecular weight excluding hydrogens is 588 g/mol. The van der Waals surface area contributed by atoms with Crippen LogP contribution in [0.15, 0.2) is 53.8 Å². The maximum absolute atomic E-state index is 11.9. The van der Waals surface area contributed by atoms with Crippen molar-refractivity contribution in [3.63, 3.8) is 0 Å². The van der Waals surface area contributed by atoms with E-state index in [4.69, 9.17) is 40.6 Å². The number of benzene rings is 2. The summed E-state index contributed by atoms with van der Waals surface area (Å²) in [5, 5.41) is 17.0. The Labute approximate surface area is 258 Å². The number of nitrogens with zero attached hydrogens (tertiary/aromatic N) is 6. The predicted molar refractivity (Wildman–Crippen MR) is 163 cm³/mol. The normalized spacial score (nSPS) is 20.7. The zero-order chi connectivity index (χ0) is 30.4. The van der Waals surface area contributed by atoms with Crippen LogP contribution < -0.4 is 19.1 Å². The molecule has 2 aromatic heterocycles. The van der Waals surface area contributed by atoms with Gasteiger partial charge >= 0.3 is 5.97 Å². The van der Waals surface area contributed by atoms with Crippen LogP contribution in [0, 0.1) is 0 Å². The van der Waals surface area contributed by atoms with E-state index in [1.807, 2.05) is 46.5 Å². The monoisotopic (exact) mass is 618 g/mol. The number of aromatic nitrogens is 3. The van der Waals surface area contributed by atoms with Gasteiger partial charge in [-0.2, -0.15) is 5.10 Å². The quantitative estimate of drug-likeness (QED) is 0.278. The molecule has 0 saturated carbocycles. The number of hydrogen-bond acceptors (Lipinski definition) is 10. The first-order chi connectivity index (χ1) is 21.3. The Morgan fingerprint density at radius 2 is 2.07 bits per heavy atom. The molecule has 13 heteroatoms. The second kappa shape index (κ2) is 11.2. The van der Waals surface area contributed by atoms with Gasteiger partial charge in [0.05, 0.1) is 54.1 Å². The molecule has 0 amide bonds. The summed E-state index contributed by atoms with van der Waals surface area (Å²) in [7, 11) is 0. The molecule has 44 heavy (non-hydrogen) atoms. The van der Waals surface area contributed by atoms with Crippen molar-refractivity contribution >= 4 is 40.6 Å². The molecule has 3 aliphatic rings. The number of hydrazone groups is 1. The van der Waals surface area contributed by atoms with E-state index in [0.29, 0.717) is 71.8 Å². The number of hydrogen-bond donors (Lipinski definition) is 1. The fourth-order valence-corrected chi connectivity index (χ4v) is 5.72. The van der Waals surface area contributed by atoms with Gasteiger partial charge in [0.15, 0.2) is 11.5 Å². The van der Waals surface area contributed by atoms with Crippen LogP contribution in [0.5, 0.6) is 17.2 Å². The number of imidazole rings is 1. The highest BCUT2D eigenvalue weighted by molar-refractivity contribution is 6.30. The number of anilines is 1. The molecule has 0 bridgehead atoms. The highest BCUT2D eigenvalue weighted by Crippen LogP contribution is 2.49. The van der Waals surface area contributed by atoms with Crippen molar-refractivity contribution in [2.75, 3.05) is 31.2 Å². The van der Waals surface area contributed by atoms with Crippen LogP contribution in [0.3, 0.4) is 0 Å². The van der Waals surface area contributed by atoms with E-state index in [9.17, 15) is 9.90 Å². The van der Waals surface area contributed by atoms with Crippen molar-refractivity contribution in [2.24, 2.45) is 5.10 Å². The predicted octanol–water partition coefficient (Wildman–Crippen LogP) is 4.88. The van der Waals surface area contributed by atoms with Crippen molar-refractivity contribution < 1.29 is 28.8 Å². The summed E-state index contributed by atoms with van der Waals surface area (Å²) in [6.07, 6.45) is 4.33. The number of carboxylic acids is 1. The lowest BCUT2D eigenvalue weighted by atomic mass is 10.1. The Kier molecular flexibility index (Phi) is 7.17. The lowest BCUT2D eigenvalue weighted by Crippen LogP contribution is -2.38. The smallest absolute Gasteiger partial charge is 0.335 e. The van der Waals surface area contributed by atoms with E-state index in [-0.39, 0.29) is 11.7 Å². The average molecular weight is 619 g/mol. The number of rotatable bonds is 9. The summed E-state index contributed by atoms with van der Waals surface area (Å²) in [6, 6.07) is 12.5. The van der Waals surface area contributed by atoms with Crippen molar-refractivity contribution in [3.8, 4) is 17.2 Å². The third-order valence-corrected chi connectivity index (χ3v) is 8.19. The summed E-state index contributed by atoms with van der Waals surface area (Å²) in [5.74, 6) is 0.335. The molecule has 3 aliphatic heterocycles. The molecule has 228 valence electrons. The third kappa shape index (κ3) is 5.13. The topological polar surface area (TPSA) is 124 Å². The van der Waals surface area contributed by atoms with Crippen molar-refractivity contribution in [1.29, 1.82) is 0 Å².